The summed E-state index contributed by atoms with van der Waals surface area (Å²) in [6.45, 7) is 3.83. The maximum Gasteiger partial charge on any atom is 0.280 e. The van der Waals surface area contributed by atoms with Crippen LogP contribution < -0.4 is 5.73 Å². The third-order valence-corrected chi connectivity index (χ3v) is 2.53. The number of aromatic nitrogens is 3. The molecule has 19 heavy (non-hydrogen) atoms. The molecule has 1 aromatic carbocycles. The van der Waals surface area contributed by atoms with Gasteiger partial charge >= 0.3 is 0 Å². The standard InChI is InChI=1S/C12H13N5O2/c1-7(2)10-14-11(16-12(13)15-10)8-5-3-4-6-9(8)17(18)19/h3-7H,1-2H3,(H2,13,14,15,16). The van der Waals surface area contributed by atoms with Crippen LogP contribution in [0.1, 0.15) is 25.6 Å². The summed E-state index contributed by atoms with van der Waals surface area (Å²) < 4.78 is 0. The SMILES string of the molecule is CC(C)c1nc(N)nc(-c2ccccc2[N+](=O)[O-])n1. The van der Waals surface area contributed by atoms with Crippen molar-refractivity contribution in [3.8, 4) is 11.4 Å². The zero-order valence-electron chi connectivity index (χ0n) is 10.6. The highest BCUT2D eigenvalue weighted by atomic mass is 16.6. The Morgan fingerprint density at radius 1 is 1.21 bits per heavy atom. The largest absolute Gasteiger partial charge is 0.368 e. The molecule has 0 unspecified atom stereocenters. The van der Waals surface area contributed by atoms with Gasteiger partial charge in [0.1, 0.15) is 5.82 Å². The van der Waals surface area contributed by atoms with Gasteiger partial charge in [0.25, 0.3) is 5.69 Å². The molecule has 0 saturated heterocycles. The van der Waals surface area contributed by atoms with Crippen LogP contribution in [0.25, 0.3) is 11.4 Å². The number of nitrogens with zero attached hydrogens (tertiary/aromatic N) is 4. The van der Waals surface area contributed by atoms with Crippen molar-refractivity contribution in [2.45, 2.75) is 19.8 Å². The molecule has 2 N–H and O–H groups in total. The second kappa shape index (κ2) is 4.97. The van der Waals surface area contributed by atoms with E-state index in [9.17, 15) is 10.1 Å². The number of nitro benzene ring substituents is 1. The van der Waals surface area contributed by atoms with Crippen LogP contribution in [0.15, 0.2) is 24.3 Å². The topological polar surface area (TPSA) is 108 Å². The van der Waals surface area contributed by atoms with E-state index in [2.05, 4.69) is 15.0 Å². The summed E-state index contributed by atoms with van der Waals surface area (Å²) >= 11 is 0. The number of nitrogen functional groups attached to an aromatic ring is 1. The van der Waals surface area contributed by atoms with E-state index in [0.717, 1.165) is 0 Å². The summed E-state index contributed by atoms with van der Waals surface area (Å²) in [6.07, 6.45) is 0. The summed E-state index contributed by atoms with van der Waals surface area (Å²) in [5.74, 6) is 0.864. The molecule has 0 saturated carbocycles. The van der Waals surface area contributed by atoms with Crippen molar-refractivity contribution in [2.24, 2.45) is 0 Å². The minimum Gasteiger partial charge on any atom is -0.368 e. The molecule has 0 aliphatic rings. The summed E-state index contributed by atoms with van der Waals surface area (Å²) in [5, 5.41) is 11.0. The fourth-order valence-electron chi connectivity index (χ4n) is 1.61. The minimum atomic E-state index is -0.468. The van der Waals surface area contributed by atoms with Gasteiger partial charge in [-0.3, -0.25) is 10.1 Å². The average Bonchev–Trinajstić information content (AvgIpc) is 2.37. The molecule has 0 fully saturated rings. The highest BCUT2D eigenvalue weighted by molar-refractivity contribution is 5.68. The first-order valence-electron chi connectivity index (χ1n) is 5.74. The Balaban J connectivity index is 2.62. The molecular weight excluding hydrogens is 246 g/mol. The molecule has 98 valence electrons. The molecule has 0 amide bonds. The van der Waals surface area contributed by atoms with Crippen LogP contribution in [-0.2, 0) is 0 Å². The molecule has 2 aromatic rings. The van der Waals surface area contributed by atoms with Crippen LogP contribution >= 0.6 is 0 Å². The van der Waals surface area contributed by atoms with E-state index in [1.165, 1.54) is 6.07 Å². The first-order chi connectivity index (χ1) is 8.99. The predicted octanol–water partition coefficient (Wildman–Crippen LogP) is 2.15. The van der Waals surface area contributed by atoms with Crippen molar-refractivity contribution in [1.29, 1.82) is 0 Å². The number of anilines is 1. The van der Waals surface area contributed by atoms with Gasteiger partial charge in [-0.2, -0.15) is 9.97 Å². The van der Waals surface area contributed by atoms with Crippen LogP contribution in [0.2, 0.25) is 0 Å². The quantitative estimate of drug-likeness (QED) is 0.668. The maximum atomic E-state index is 11.0. The Bertz CT molecular complexity index is 627. The zero-order valence-corrected chi connectivity index (χ0v) is 10.6. The smallest absolute Gasteiger partial charge is 0.280 e. The molecular formula is C12H13N5O2. The summed E-state index contributed by atoms with van der Waals surface area (Å²) in [6, 6.07) is 6.29. The van der Waals surface area contributed by atoms with Crippen molar-refractivity contribution in [3.63, 3.8) is 0 Å². The van der Waals surface area contributed by atoms with Crippen molar-refractivity contribution in [2.75, 3.05) is 5.73 Å². The lowest BCUT2D eigenvalue weighted by atomic mass is 10.1. The Hall–Kier alpha value is -2.57. The van der Waals surface area contributed by atoms with Crippen molar-refractivity contribution < 1.29 is 4.92 Å². The number of rotatable bonds is 3. The summed E-state index contributed by atoms with van der Waals surface area (Å²) in [7, 11) is 0. The second-order valence-electron chi connectivity index (χ2n) is 4.30. The first kappa shape index (κ1) is 12.9. The van der Waals surface area contributed by atoms with E-state index in [1.807, 2.05) is 13.8 Å². The molecule has 1 heterocycles. The maximum absolute atomic E-state index is 11.0. The molecule has 0 aliphatic heterocycles. The van der Waals surface area contributed by atoms with Crippen molar-refractivity contribution >= 4 is 11.6 Å². The van der Waals surface area contributed by atoms with E-state index in [0.29, 0.717) is 11.4 Å². The molecule has 7 nitrogen and oxygen atoms in total. The third kappa shape index (κ3) is 2.65. The number of nitro groups is 1. The Kier molecular flexibility index (Phi) is 3.37. The van der Waals surface area contributed by atoms with Gasteiger partial charge in [0.15, 0.2) is 5.82 Å². The van der Waals surface area contributed by atoms with Crippen LogP contribution in [0.3, 0.4) is 0 Å². The molecule has 0 bridgehead atoms. The normalized spacial score (nSPS) is 10.7. The Morgan fingerprint density at radius 2 is 1.89 bits per heavy atom. The predicted molar refractivity (Wildman–Crippen MR) is 70.4 cm³/mol. The molecule has 2 rings (SSSR count). The lowest BCUT2D eigenvalue weighted by Gasteiger charge is -2.07. The van der Waals surface area contributed by atoms with Gasteiger partial charge in [-0.05, 0) is 6.07 Å². The average molecular weight is 259 g/mol. The number of para-hydroxylation sites is 1. The third-order valence-electron chi connectivity index (χ3n) is 2.53. The van der Waals surface area contributed by atoms with Crippen LogP contribution in [0, 0.1) is 10.1 Å². The number of hydrogen-bond acceptors (Lipinski definition) is 6. The fraction of sp³-hybridized carbons (Fsp3) is 0.250. The number of benzene rings is 1. The van der Waals surface area contributed by atoms with Gasteiger partial charge in [0.2, 0.25) is 5.95 Å². The van der Waals surface area contributed by atoms with Crippen LogP contribution in [0.5, 0.6) is 0 Å². The van der Waals surface area contributed by atoms with E-state index in [-0.39, 0.29) is 23.4 Å². The Morgan fingerprint density at radius 3 is 2.53 bits per heavy atom. The van der Waals surface area contributed by atoms with Gasteiger partial charge in [-0.15, -0.1) is 0 Å². The monoisotopic (exact) mass is 259 g/mol. The van der Waals surface area contributed by atoms with Crippen LogP contribution in [-0.4, -0.2) is 19.9 Å². The molecule has 0 spiro atoms. The fourth-order valence-corrected chi connectivity index (χ4v) is 1.61. The molecule has 0 aliphatic carbocycles. The zero-order chi connectivity index (χ0) is 14.0. The van der Waals surface area contributed by atoms with E-state index < -0.39 is 4.92 Å². The summed E-state index contributed by atoms with van der Waals surface area (Å²) in [4.78, 5) is 22.8. The summed E-state index contributed by atoms with van der Waals surface area (Å²) in [5.41, 5.74) is 5.91. The molecule has 0 atom stereocenters. The highest BCUT2D eigenvalue weighted by Gasteiger charge is 2.18. The second-order valence-corrected chi connectivity index (χ2v) is 4.30. The molecule has 7 heteroatoms. The van der Waals surface area contributed by atoms with Gasteiger partial charge in [0, 0.05) is 12.0 Å². The molecule has 1 aromatic heterocycles. The van der Waals surface area contributed by atoms with Gasteiger partial charge < -0.3 is 5.73 Å². The minimum absolute atomic E-state index is 0.0530. The highest BCUT2D eigenvalue weighted by Crippen LogP contribution is 2.27. The number of hydrogen-bond donors (Lipinski definition) is 1. The lowest BCUT2D eigenvalue weighted by Crippen LogP contribution is -2.07. The van der Waals surface area contributed by atoms with E-state index >= 15 is 0 Å². The molecule has 0 radical (unpaired) electrons. The van der Waals surface area contributed by atoms with Crippen LogP contribution in [0.4, 0.5) is 11.6 Å². The number of nitrogens with two attached hydrogens (primary N) is 1. The lowest BCUT2D eigenvalue weighted by molar-refractivity contribution is -0.384. The van der Waals surface area contributed by atoms with Gasteiger partial charge in [-0.1, -0.05) is 26.0 Å². The van der Waals surface area contributed by atoms with Crippen molar-refractivity contribution in [3.05, 3.63) is 40.2 Å². The van der Waals surface area contributed by atoms with Gasteiger partial charge in [-0.25, -0.2) is 4.98 Å². The van der Waals surface area contributed by atoms with Gasteiger partial charge in [0.05, 0.1) is 10.5 Å². The Labute approximate surface area is 109 Å². The first-order valence-corrected chi connectivity index (χ1v) is 5.74. The van der Waals surface area contributed by atoms with E-state index in [4.69, 9.17) is 5.73 Å². The van der Waals surface area contributed by atoms with Crippen molar-refractivity contribution in [1.82, 2.24) is 15.0 Å². The van der Waals surface area contributed by atoms with E-state index in [1.54, 1.807) is 18.2 Å².